The lowest BCUT2D eigenvalue weighted by Gasteiger charge is -2.04. The zero-order valence-corrected chi connectivity index (χ0v) is 9.48. The second-order valence-corrected chi connectivity index (χ2v) is 6.41. The average Bonchev–Trinajstić information content (AvgIpc) is 1.99. The van der Waals surface area contributed by atoms with Gasteiger partial charge in [0, 0.05) is 6.26 Å². The molecule has 4 nitrogen and oxygen atoms in total. The van der Waals surface area contributed by atoms with Crippen LogP contribution in [-0.4, -0.2) is 23.1 Å². The smallest absolute Gasteiger partial charge is 0.224 e. The molecule has 0 aliphatic heterocycles. The van der Waals surface area contributed by atoms with E-state index in [0.717, 1.165) is 6.26 Å². The minimum absolute atomic E-state index is 0.0532. The van der Waals surface area contributed by atoms with E-state index in [0.29, 0.717) is 0 Å². The number of hydrogen-bond donors (Lipinski definition) is 0. The molecule has 0 spiro atoms. The standard InChI is InChI=1S/C8H9FO4S2/c1-14(10,11)8-5-3-2-4-7(8)6-15(9,12)13/h2-5H,6H2,1H3. The monoisotopic (exact) mass is 252 g/mol. The molecule has 1 aromatic carbocycles. The van der Waals surface area contributed by atoms with Gasteiger partial charge in [0.15, 0.2) is 9.84 Å². The van der Waals surface area contributed by atoms with Gasteiger partial charge in [0.1, 0.15) is 5.75 Å². The molecule has 0 N–H and O–H groups in total. The van der Waals surface area contributed by atoms with Gasteiger partial charge in [-0.1, -0.05) is 18.2 Å². The van der Waals surface area contributed by atoms with Gasteiger partial charge in [0.05, 0.1) is 4.90 Å². The highest BCUT2D eigenvalue weighted by Crippen LogP contribution is 2.18. The summed E-state index contributed by atoms with van der Waals surface area (Å²) in [4.78, 5) is -0.161. The molecule has 0 aliphatic rings. The highest BCUT2D eigenvalue weighted by molar-refractivity contribution is 7.91. The molecule has 0 amide bonds. The van der Waals surface area contributed by atoms with E-state index >= 15 is 0 Å². The number of hydrogen-bond acceptors (Lipinski definition) is 4. The molecule has 7 heteroatoms. The van der Waals surface area contributed by atoms with E-state index in [9.17, 15) is 20.7 Å². The Morgan fingerprint density at radius 2 is 1.67 bits per heavy atom. The first-order chi connectivity index (χ1) is 6.70. The summed E-state index contributed by atoms with van der Waals surface area (Å²) in [7, 11) is -8.26. The molecule has 0 aliphatic carbocycles. The van der Waals surface area contributed by atoms with Crippen molar-refractivity contribution in [3.63, 3.8) is 0 Å². The Labute approximate surface area is 87.9 Å². The Bertz CT molecular complexity index is 560. The van der Waals surface area contributed by atoms with Crippen molar-refractivity contribution in [1.82, 2.24) is 0 Å². The predicted octanol–water partition coefficient (Wildman–Crippen LogP) is 0.889. The molecule has 0 aromatic heterocycles. The van der Waals surface area contributed by atoms with Crippen molar-refractivity contribution in [2.75, 3.05) is 6.26 Å². The summed E-state index contributed by atoms with van der Waals surface area (Å²) in [5.74, 6) is -0.920. The van der Waals surface area contributed by atoms with E-state index in [1.54, 1.807) is 0 Å². The van der Waals surface area contributed by atoms with Gasteiger partial charge in [-0.2, -0.15) is 8.42 Å². The van der Waals surface area contributed by atoms with Gasteiger partial charge in [-0.25, -0.2) is 8.42 Å². The minimum atomic E-state index is -4.72. The second-order valence-electron chi connectivity index (χ2n) is 3.06. The van der Waals surface area contributed by atoms with Crippen LogP contribution in [0.25, 0.3) is 0 Å². The molecule has 84 valence electrons. The van der Waals surface area contributed by atoms with Gasteiger partial charge in [0.25, 0.3) is 0 Å². The maximum Gasteiger partial charge on any atom is 0.306 e. The maximum absolute atomic E-state index is 12.4. The summed E-state index contributed by atoms with van der Waals surface area (Å²) in [5.41, 5.74) is -0.0532. The molecule has 0 heterocycles. The molecule has 0 saturated heterocycles. The average molecular weight is 252 g/mol. The van der Waals surface area contributed by atoms with Crippen molar-refractivity contribution in [2.45, 2.75) is 10.6 Å². The summed E-state index contributed by atoms with van der Waals surface area (Å²) >= 11 is 0. The third kappa shape index (κ3) is 3.60. The quantitative estimate of drug-likeness (QED) is 0.749. The first-order valence-corrected chi connectivity index (χ1v) is 7.35. The van der Waals surface area contributed by atoms with Gasteiger partial charge >= 0.3 is 10.2 Å². The lowest BCUT2D eigenvalue weighted by atomic mass is 10.2. The fourth-order valence-electron chi connectivity index (χ4n) is 1.17. The normalized spacial score (nSPS) is 12.7. The SMILES string of the molecule is CS(=O)(=O)c1ccccc1CS(=O)(=O)F. The largest absolute Gasteiger partial charge is 0.306 e. The van der Waals surface area contributed by atoms with Crippen LogP contribution < -0.4 is 0 Å². The molecule has 15 heavy (non-hydrogen) atoms. The van der Waals surface area contributed by atoms with Crippen LogP contribution in [0.3, 0.4) is 0 Å². The summed E-state index contributed by atoms with van der Waals surface area (Å²) in [6.07, 6.45) is 0.941. The van der Waals surface area contributed by atoms with E-state index in [-0.39, 0.29) is 10.5 Å². The van der Waals surface area contributed by atoms with Gasteiger partial charge in [-0.3, -0.25) is 0 Å². The number of halogens is 1. The fraction of sp³-hybridized carbons (Fsp3) is 0.250. The van der Waals surface area contributed by atoms with Crippen LogP contribution >= 0.6 is 0 Å². The Morgan fingerprint density at radius 3 is 2.13 bits per heavy atom. The molecular formula is C8H9FO4S2. The maximum atomic E-state index is 12.4. The molecule has 0 bridgehead atoms. The Balaban J connectivity index is 3.32. The summed E-state index contributed by atoms with van der Waals surface area (Å²) in [6, 6.07) is 5.42. The topological polar surface area (TPSA) is 68.3 Å². The predicted molar refractivity (Wildman–Crippen MR) is 53.3 cm³/mol. The highest BCUT2D eigenvalue weighted by atomic mass is 32.3. The highest BCUT2D eigenvalue weighted by Gasteiger charge is 2.17. The van der Waals surface area contributed by atoms with Crippen molar-refractivity contribution in [2.24, 2.45) is 0 Å². The third-order valence-corrected chi connectivity index (χ3v) is 3.55. The molecular weight excluding hydrogens is 243 g/mol. The minimum Gasteiger partial charge on any atom is -0.224 e. The van der Waals surface area contributed by atoms with Crippen molar-refractivity contribution in [3.8, 4) is 0 Å². The van der Waals surface area contributed by atoms with Crippen LogP contribution in [0.2, 0.25) is 0 Å². The number of benzene rings is 1. The van der Waals surface area contributed by atoms with Crippen LogP contribution in [0.1, 0.15) is 5.56 Å². The fourth-order valence-corrected chi connectivity index (χ4v) is 2.83. The van der Waals surface area contributed by atoms with Crippen LogP contribution in [0.5, 0.6) is 0 Å². The second kappa shape index (κ2) is 3.90. The summed E-state index contributed by atoms with van der Waals surface area (Å²) in [5, 5.41) is 0. The summed E-state index contributed by atoms with van der Waals surface area (Å²) < 4.78 is 55.7. The van der Waals surface area contributed by atoms with Crippen LogP contribution in [-0.2, 0) is 25.8 Å². The van der Waals surface area contributed by atoms with Crippen LogP contribution in [0, 0.1) is 0 Å². The number of rotatable bonds is 3. The van der Waals surface area contributed by atoms with E-state index in [2.05, 4.69) is 0 Å². The molecule has 0 unspecified atom stereocenters. The van der Waals surface area contributed by atoms with E-state index in [1.165, 1.54) is 24.3 Å². The zero-order valence-electron chi connectivity index (χ0n) is 7.84. The Hall–Kier alpha value is -0.950. The van der Waals surface area contributed by atoms with Gasteiger partial charge < -0.3 is 0 Å². The van der Waals surface area contributed by atoms with E-state index in [4.69, 9.17) is 0 Å². The molecule has 1 rings (SSSR count). The Kier molecular flexibility index (Phi) is 3.15. The van der Waals surface area contributed by atoms with E-state index in [1.807, 2.05) is 0 Å². The van der Waals surface area contributed by atoms with Gasteiger partial charge in [-0.15, -0.1) is 3.89 Å². The van der Waals surface area contributed by atoms with Gasteiger partial charge in [0.2, 0.25) is 0 Å². The first-order valence-electron chi connectivity index (χ1n) is 3.90. The lowest BCUT2D eigenvalue weighted by Crippen LogP contribution is -2.05. The Morgan fingerprint density at radius 1 is 1.13 bits per heavy atom. The van der Waals surface area contributed by atoms with Crippen LogP contribution in [0.4, 0.5) is 3.89 Å². The summed E-state index contributed by atoms with van der Waals surface area (Å²) in [6.45, 7) is 0. The van der Waals surface area contributed by atoms with Crippen LogP contribution in [0.15, 0.2) is 29.2 Å². The molecule has 0 atom stereocenters. The molecule has 0 saturated carbocycles. The van der Waals surface area contributed by atoms with E-state index < -0.39 is 25.8 Å². The number of sulfone groups is 1. The zero-order chi connectivity index (χ0) is 11.7. The van der Waals surface area contributed by atoms with Crippen molar-refractivity contribution < 1.29 is 20.7 Å². The first kappa shape index (κ1) is 12.1. The van der Waals surface area contributed by atoms with Crippen molar-refractivity contribution >= 4 is 20.1 Å². The molecule has 0 radical (unpaired) electrons. The van der Waals surface area contributed by atoms with Crippen molar-refractivity contribution in [3.05, 3.63) is 29.8 Å². The molecule has 0 fully saturated rings. The van der Waals surface area contributed by atoms with Crippen molar-refractivity contribution in [1.29, 1.82) is 0 Å². The third-order valence-electron chi connectivity index (χ3n) is 1.70. The van der Waals surface area contributed by atoms with Gasteiger partial charge in [-0.05, 0) is 11.6 Å². The lowest BCUT2D eigenvalue weighted by molar-refractivity contribution is 0.550. The molecule has 1 aromatic rings.